The van der Waals surface area contributed by atoms with Crippen molar-refractivity contribution in [2.24, 2.45) is 5.92 Å². The fourth-order valence-electron chi connectivity index (χ4n) is 7.12. The van der Waals surface area contributed by atoms with E-state index < -0.39 is 0 Å². The van der Waals surface area contributed by atoms with Crippen molar-refractivity contribution in [3.05, 3.63) is 117 Å². The first-order valence-corrected chi connectivity index (χ1v) is 16.1. The first kappa shape index (κ1) is 29.9. The Morgan fingerprint density at radius 1 is 0.848 bits per heavy atom. The summed E-state index contributed by atoms with van der Waals surface area (Å²) in [6.07, 6.45) is 1.01. The quantitative estimate of drug-likeness (QED) is 0.307. The van der Waals surface area contributed by atoms with Crippen LogP contribution in [0.1, 0.15) is 38.7 Å². The predicted molar refractivity (Wildman–Crippen MR) is 181 cm³/mol. The van der Waals surface area contributed by atoms with Crippen LogP contribution < -0.4 is 25.4 Å². The van der Waals surface area contributed by atoms with Crippen molar-refractivity contribution in [3.63, 3.8) is 0 Å². The summed E-state index contributed by atoms with van der Waals surface area (Å²) in [4.78, 5) is 46.3. The minimum Gasteiger partial charge on any atom is -0.497 e. The fourth-order valence-corrected chi connectivity index (χ4v) is 7.34. The maximum atomic E-state index is 13.8. The molecule has 0 spiro atoms. The lowest BCUT2D eigenvalue weighted by Crippen LogP contribution is -2.49. The number of amides is 2. The normalized spacial score (nSPS) is 19.0. The van der Waals surface area contributed by atoms with E-state index in [-0.39, 0.29) is 23.3 Å². The molecule has 10 heteroatoms. The van der Waals surface area contributed by atoms with E-state index in [9.17, 15) is 14.4 Å². The van der Waals surface area contributed by atoms with E-state index >= 15 is 0 Å². The van der Waals surface area contributed by atoms with Crippen LogP contribution >= 0.6 is 11.6 Å². The van der Waals surface area contributed by atoms with Gasteiger partial charge in [0.05, 0.1) is 29.1 Å². The maximum absolute atomic E-state index is 13.8. The summed E-state index contributed by atoms with van der Waals surface area (Å²) in [7, 11) is 1.65. The second-order valence-electron chi connectivity index (χ2n) is 12.2. The number of piperazine rings is 1. The van der Waals surface area contributed by atoms with Crippen LogP contribution in [0.15, 0.2) is 89.7 Å². The van der Waals surface area contributed by atoms with Crippen molar-refractivity contribution in [3.8, 4) is 5.75 Å². The number of rotatable bonds is 6. The van der Waals surface area contributed by atoms with Gasteiger partial charge in [-0.15, -0.1) is 0 Å². The molecule has 9 nitrogen and oxygen atoms in total. The number of carbonyl (C=O) groups excluding carboxylic acids is 2. The van der Waals surface area contributed by atoms with Crippen molar-refractivity contribution >= 4 is 40.5 Å². The number of piperidine rings is 1. The number of aromatic nitrogens is 1. The number of hydrogen-bond donors (Lipinski definition) is 1. The first-order chi connectivity index (χ1) is 22.4. The van der Waals surface area contributed by atoms with Gasteiger partial charge < -0.3 is 29.3 Å². The molecule has 4 aromatic rings. The molecule has 2 amide bonds. The van der Waals surface area contributed by atoms with Gasteiger partial charge in [0, 0.05) is 74.7 Å². The molecular formula is C36H36ClN5O4. The van der Waals surface area contributed by atoms with Gasteiger partial charge in [-0.2, -0.15) is 0 Å². The van der Waals surface area contributed by atoms with E-state index in [0.717, 1.165) is 35.8 Å². The molecule has 236 valence electrons. The average Bonchev–Trinajstić information content (AvgIpc) is 3.08. The Bertz CT molecular complexity index is 1830. The molecule has 7 rings (SSSR count). The van der Waals surface area contributed by atoms with Gasteiger partial charge in [-0.05, 0) is 73.0 Å². The van der Waals surface area contributed by atoms with E-state index in [1.54, 1.807) is 43.5 Å². The topological polar surface area (TPSA) is 87.1 Å². The van der Waals surface area contributed by atoms with E-state index in [4.69, 9.17) is 16.3 Å². The fraction of sp³-hybridized carbons (Fsp3) is 0.306. The molecular weight excluding hydrogens is 602 g/mol. The van der Waals surface area contributed by atoms with Crippen LogP contribution in [0.3, 0.4) is 0 Å². The van der Waals surface area contributed by atoms with Gasteiger partial charge in [0.15, 0.2) is 0 Å². The van der Waals surface area contributed by atoms with Gasteiger partial charge in [0.2, 0.25) is 0 Å². The smallest absolute Gasteiger partial charge is 0.257 e. The van der Waals surface area contributed by atoms with Gasteiger partial charge in [0.25, 0.3) is 17.4 Å². The number of hydrogen-bond acceptors (Lipinski definition) is 6. The molecule has 3 aliphatic heterocycles. The van der Waals surface area contributed by atoms with Crippen LogP contribution in [0.4, 0.5) is 17.1 Å². The van der Waals surface area contributed by atoms with Gasteiger partial charge in [0.1, 0.15) is 5.75 Å². The lowest BCUT2D eigenvalue weighted by atomic mass is 9.83. The Hall–Kier alpha value is -4.76. The Morgan fingerprint density at radius 3 is 2.39 bits per heavy atom. The highest BCUT2D eigenvalue weighted by Crippen LogP contribution is 2.39. The number of carbonyl (C=O) groups is 2. The molecule has 2 saturated heterocycles. The number of halogens is 1. The average molecular weight is 638 g/mol. The monoisotopic (exact) mass is 637 g/mol. The van der Waals surface area contributed by atoms with Crippen LogP contribution in [0, 0.1) is 5.92 Å². The Balaban J connectivity index is 1.14. The minimum absolute atomic E-state index is 0.0426. The molecule has 4 heterocycles. The molecule has 0 saturated carbocycles. The zero-order valence-electron chi connectivity index (χ0n) is 25.7. The number of nitrogens with one attached hydrogen (secondary N) is 1. The summed E-state index contributed by atoms with van der Waals surface area (Å²) in [5.74, 6) is 0.891. The molecule has 0 unspecified atom stereocenters. The number of pyridine rings is 1. The molecule has 0 aliphatic carbocycles. The number of nitrogens with zero attached hydrogens (tertiary/aromatic N) is 4. The number of anilines is 3. The van der Waals surface area contributed by atoms with Gasteiger partial charge >= 0.3 is 0 Å². The SMILES string of the molecule is COc1ccc(N2CCN(C(=O)c3ccc(N4C[C@H]5C[C@@H](C4)c4cccc(=O)n4C5)c(NC(=O)c4ccccc4Cl)c3)CC2)cc1. The van der Waals surface area contributed by atoms with Crippen molar-refractivity contribution < 1.29 is 14.3 Å². The summed E-state index contributed by atoms with van der Waals surface area (Å²) in [6.45, 7) is 4.72. The highest BCUT2D eigenvalue weighted by molar-refractivity contribution is 6.34. The van der Waals surface area contributed by atoms with Crippen LogP contribution in [-0.2, 0) is 6.54 Å². The molecule has 2 fully saturated rings. The number of ether oxygens (including phenoxy) is 1. The Labute approximate surface area is 272 Å². The Kier molecular flexibility index (Phi) is 8.17. The molecule has 1 aromatic heterocycles. The van der Waals surface area contributed by atoms with Gasteiger partial charge in [-0.3, -0.25) is 14.4 Å². The highest BCUT2D eigenvalue weighted by atomic mass is 35.5. The van der Waals surface area contributed by atoms with E-state index in [2.05, 4.69) is 15.1 Å². The summed E-state index contributed by atoms with van der Waals surface area (Å²) >= 11 is 6.38. The highest BCUT2D eigenvalue weighted by Gasteiger charge is 2.35. The zero-order valence-corrected chi connectivity index (χ0v) is 26.5. The Morgan fingerprint density at radius 2 is 1.63 bits per heavy atom. The van der Waals surface area contributed by atoms with Crippen molar-refractivity contribution in [1.82, 2.24) is 9.47 Å². The predicted octanol–water partition coefficient (Wildman–Crippen LogP) is 5.35. The van der Waals surface area contributed by atoms with E-state index in [0.29, 0.717) is 67.0 Å². The van der Waals surface area contributed by atoms with Crippen LogP contribution in [-0.4, -0.2) is 67.7 Å². The third kappa shape index (κ3) is 5.83. The van der Waals surface area contributed by atoms with Crippen molar-refractivity contribution in [2.75, 3.05) is 61.5 Å². The van der Waals surface area contributed by atoms with Gasteiger partial charge in [-0.1, -0.05) is 29.8 Å². The van der Waals surface area contributed by atoms with Crippen LogP contribution in [0.25, 0.3) is 0 Å². The molecule has 3 aliphatic rings. The first-order valence-electron chi connectivity index (χ1n) is 15.7. The van der Waals surface area contributed by atoms with E-state index in [1.807, 2.05) is 58.0 Å². The second kappa shape index (κ2) is 12.6. The third-order valence-corrected chi connectivity index (χ3v) is 9.76. The van der Waals surface area contributed by atoms with E-state index in [1.165, 1.54) is 0 Å². The number of fused-ring (bicyclic) bond motifs is 4. The molecule has 2 atom stereocenters. The molecule has 2 bridgehead atoms. The molecule has 1 N–H and O–H groups in total. The summed E-state index contributed by atoms with van der Waals surface area (Å²) < 4.78 is 7.19. The number of benzene rings is 3. The third-order valence-electron chi connectivity index (χ3n) is 9.44. The van der Waals surface area contributed by atoms with Crippen LogP contribution in [0.5, 0.6) is 5.75 Å². The van der Waals surface area contributed by atoms with Gasteiger partial charge in [-0.25, -0.2) is 0 Å². The summed E-state index contributed by atoms with van der Waals surface area (Å²) in [6, 6.07) is 26.0. The largest absolute Gasteiger partial charge is 0.497 e. The lowest BCUT2D eigenvalue weighted by Gasteiger charge is -2.44. The maximum Gasteiger partial charge on any atom is 0.257 e. The standard InChI is InChI=1S/C36H36ClN5O4/c1-46-28-12-10-27(11-13-28)39-15-17-40(18-16-39)36(45)25-9-14-33(31(20-25)38-35(44)29-5-2-3-6-30(29)37)41-21-24-19-26(23-41)32-7-4-8-34(43)42(32)22-24/h2-14,20,24,26H,15-19,21-23H2,1H3,(H,38,44)/t24-,26+/m1/s1. The minimum atomic E-state index is -0.335. The zero-order chi connectivity index (χ0) is 31.8. The summed E-state index contributed by atoms with van der Waals surface area (Å²) in [5.41, 5.74) is 4.49. The second-order valence-corrected chi connectivity index (χ2v) is 12.7. The van der Waals surface area contributed by atoms with Crippen molar-refractivity contribution in [2.45, 2.75) is 18.9 Å². The lowest BCUT2D eigenvalue weighted by molar-refractivity contribution is 0.0746. The van der Waals surface area contributed by atoms with Crippen LogP contribution in [0.2, 0.25) is 5.02 Å². The molecule has 3 aromatic carbocycles. The molecule has 46 heavy (non-hydrogen) atoms. The summed E-state index contributed by atoms with van der Waals surface area (Å²) in [5, 5.41) is 3.44. The number of methoxy groups -OCH3 is 1. The molecule has 0 radical (unpaired) electrons. The van der Waals surface area contributed by atoms with Crippen molar-refractivity contribution in [1.29, 1.82) is 0 Å².